The number of carbonyl (C=O) groups excluding carboxylic acids is 1. The zero-order valence-electron chi connectivity index (χ0n) is 16.7. The van der Waals surface area contributed by atoms with Crippen molar-refractivity contribution in [3.8, 4) is 0 Å². The fourth-order valence-electron chi connectivity index (χ4n) is 4.32. The second-order valence-electron chi connectivity index (χ2n) is 7.92. The molecule has 158 valence electrons. The third-order valence-corrected chi connectivity index (χ3v) is 7.36. The first-order valence-electron chi connectivity index (χ1n) is 9.86. The second kappa shape index (κ2) is 7.88. The quantitative estimate of drug-likeness (QED) is 0.358. The van der Waals surface area contributed by atoms with Crippen LogP contribution in [0.25, 0.3) is 6.08 Å². The number of β-lactam (4-membered cyclic amide) rings is 1. The van der Waals surface area contributed by atoms with Gasteiger partial charge in [0.25, 0.3) is 0 Å². The zero-order valence-corrected chi connectivity index (χ0v) is 17.5. The molecule has 0 aliphatic carbocycles. The molecule has 0 bridgehead atoms. The van der Waals surface area contributed by atoms with Crippen molar-refractivity contribution >= 4 is 35.6 Å². The largest absolute Gasteiger partial charge is 0.477 e. The molecule has 8 nitrogen and oxygen atoms in total. The Kier molecular flexibility index (Phi) is 5.42. The zero-order chi connectivity index (χ0) is 21.6. The van der Waals surface area contributed by atoms with Crippen molar-refractivity contribution in [3.05, 3.63) is 46.8 Å². The predicted molar refractivity (Wildman–Crippen MR) is 114 cm³/mol. The summed E-state index contributed by atoms with van der Waals surface area (Å²) in [5.41, 5.74) is 0.982. The van der Waals surface area contributed by atoms with E-state index in [1.165, 1.54) is 16.7 Å². The summed E-state index contributed by atoms with van der Waals surface area (Å²) in [5, 5.41) is 28.0. The van der Waals surface area contributed by atoms with E-state index in [0.29, 0.717) is 23.8 Å². The van der Waals surface area contributed by atoms with Gasteiger partial charge in [-0.25, -0.2) is 4.79 Å². The van der Waals surface area contributed by atoms with Gasteiger partial charge in [-0.1, -0.05) is 13.0 Å². The highest BCUT2D eigenvalue weighted by molar-refractivity contribution is 8.03. The minimum Gasteiger partial charge on any atom is -0.477 e. The normalized spacial score (nSPS) is 27.2. The molecule has 4 atom stereocenters. The minimum atomic E-state index is -1.10. The van der Waals surface area contributed by atoms with Gasteiger partial charge in [-0.15, -0.1) is 11.8 Å². The number of carboxylic acid groups (broad SMARTS) is 1. The first kappa shape index (κ1) is 20.6. The van der Waals surface area contributed by atoms with Crippen LogP contribution in [0.3, 0.4) is 0 Å². The van der Waals surface area contributed by atoms with E-state index in [-0.39, 0.29) is 28.8 Å². The van der Waals surface area contributed by atoms with Gasteiger partial charge in [0.2, 0.25) is 5.91 Å². The Morgan fingerprint density at radius 1 is 1.43 bits per heavy atom. The first-order valence-corrected chi connectivity index (χ1v) is 10.7. The summed E-state index contributed by atoms with van der Waals surface area (Å²) < 4.78 is 0. The Bertz CT molecular complexity index is 940. The molecule has 3 aliphatic heterocycles. The molecular formula is C21H24N4O4S. The summed E-state index contributed by atoms with van der Waals surface area (Å²) >= 11 is 1.49. The lowest BCUT2D eigenvalue weighted by Crippen LogP contribution is -2.63. The van der Waals surface area contributed by atoms with Crippen molar-refractivity contribution in [2.24, 2.45) is 11.8 Å². The SMILES string of the molecule is C[C@@H](O)[C@H]1C(=O)N2C(C(=O)O)=C(SC3CN(C(=N)C=Cc4cccnc4)C3)[C@H](C)[C@H]12. The Balaban J connectivity index is 1.39. The highest BCUT2D eigenvalue weighted by Gasteiger charge is 2.60. The van der Waals surface area contributed by atoms with Gasteiger partial charge in [-0.3, -0.25) is 15.2 Å². The van der Waals surface area contributed by atoms with E-state index in [1.807, 2.05) is 30.0 Å². The van der Waals surface area contributed by atoms with Crippen molar-refractivity contribution in [1.82, 2.24) is 14.8 Å². The summed E-state index contributed by atoms with van der Waals surface area (Å²) in [4.78, 5) is 32.3. The van der Waals surface area contributed by atoms with E-state index < -0.39 is 18.0 Å². The number of rotatable bonds is 6. The molecule has 0 saturated carbocycles. The number of amides is 1. The molecule has 0 spiro atoms. The molecule has 1 aromatic rings. The molecule has 0 aromatic carbocycles. The standard InChI is InChI=1S/C21H24N4O4S/c1-11-17-16(12(2)26)20(27)25(17)18(21(28)29)19(11)30-14-9-24(10-14)15(22)6-5-13-4-3-7-23-8-13/h3-8,11-12,14,16-17,22,26H,9-10H2,1-2H3,(H,28,29)/t11-,12-,16-,17-/m1/s1. The molecule has 0 unspecified atom stereocenters. The van der Waals surface area contributed by atoms with Crippen molar-refractivity contribution in [3.63, 3.8) is 0 Å². The van der Waals surface area contributed by atoms with Crippen molar-refractivity contribution in [2.45, 2.75) is 31.2 Å². The highest BCUT2D eigenvalue weighted by Crippen LogP contribution is 2.51. The average Bonchev–Trinajstić information content (AvgIpc) is 2.91. The number of aliphatic hydroxyl groups excluding tert-OH is 1. The molecule has 2 saturated heterocycles. The van der Waals surface area contributed by atoms with Crippen LogP contribution in [0.15, 0.2) is 41.2 Å². The number of fused-ring (bicyclic) bond motifs is 1. The fraction of sp³-hybridized carbons (Fsp3) is 0.429. The van der Waals surface area contributed by atoms with E-state index in [9.17, 15) is 19.8 Å². The van der Waals surface area contributed by atoms with Crippen molar-refractivity contribution < 1.29 is 19.8 Å². The average molecular weight is 429 g/mol. The van der Waals surface area contributed by atoms with E-state index in [2.05, 4.69) is 4.98 Å². The van der Waals surface area contributed by atoms with Gasteiger partial charge in [-0.2, -0.15) is 0 Å². The number of likely N-dealkylation sites (tertiary alicyclic amines) is 1. The van der Waals surface area contributed by atoms with Crippen LogP contribution in [0.2, 0.25) is 0 Å². The van der Waals surface area contributed by atoms with E-state index >= 15 is 0 Å². The third-order valence-electron chi connectivity index (χ3n) is 5.91. The number of nitrogens with zero attached hydrogens (tertiary/aromatic N) is 3. The summed E-state index contributed by atoms with van der Waals surface area (Å²) in [6, 6.07) is 3.47. The number of hydrogen-bond acceptors (Lipinski definition) is 6. The Morgan fingerprint density at radius 3 is 2.77 bits per heavy atom. The predicted octanol–water partition coefficient (Wildman–Crippen LogP) is 1.64. The summed E-state index contributed by atoms with van der Waals surface area (Å²) in [6.07, 6.45) is 6.20. The second-order valence-corrected chi connectivity index (χ2v) is 9.26. The lowest BCUT2D eigenvalue weighted by molar-refractivity contribution is -0.163. The van der Waals surface area contributed by atoms with Crippen molar-refractivity contribution in [1.29, 1.82) is 5.41 Å². The maximum atomic E-state index is 12.4. The van der Waals surface area contributed by atoms with Crippen LogP contribution in [0.4, 0.5) is 0 Å². The molecule has 1 aromatic heterocycles. The topological polar surface area (TPSA) is 118 Å². The van der Waals surface area contributed by atoms with Gasteiger partial charge < -0.3 is 20.0 Å². The highest BCUT2D eigenvalue weighted by atomic mass is 32.2. The first-order chi connectivity index (χ1) is 14.3. The Labute approximate surface area is 178 Å². The van der Waals surface area contributed by atoms with Crippen LogP contribution in [0, 0.1) is 17.2 Å². The van der Waals surface area contributed by atoms with Crippen LogP contribution in [0.1, 0.15) is 19.4 Å². The van der Waals surface area contributed by atoms with Gasteiger partial charge in [0.15, 0.2) is 0 Å². The molecule has 2 fully saturated rings. The number of thioether (sulfide) groups is 1. The van der Waals surface area contributed by atoms with Gasteiger partial charge in [-0.05, 0) is 30.7 Å². The molecule has 3 aliphatic rings. The molecular weight excluding hydrogens is 404 g/mol. The monoisotopic (exact) mass is 428 g/mol. The van der Waals surface area contributed by atoms with E-state index in [0.717, 1.165) is 5.56 Å². The number of carbonyl (C=O) groups is 2. The van der Waals surface area contributed by atoms with Crippen molar-refractivity contribution in [2.75, 3.05) is 13.1 Å². The van der Waals surface area contributed by atoms with Crippen LogP contribution in [-0.4, -0.2) is 73.2 Å². The van der Waals surface area contributed by atoms with Gasteiger partial charge in [0, 0.05) is 41.6 Å². The molecule has 1 amide bonds. The minimum absolute atomic E-state index is 0.0596. The fourth-order valence-corrected chi connectivity index (χ4v) is 5.84. The van der Waals surface area contributed by atoms with Crippen LogP contribution < -0.4 is 0 Å². The lowest BCUT2D eigenvalue weighted by atomic mass is 9.79. The number of aliphatic carboxylic acids is 1. The van der Waals surface area contributed by atoms with Gasteiger partial charge in [0.05, 0.1) is 18.1 Å². The smallest absolute Gasteiger partial charge is 0.353 e. The number of pyridine rings is 1. The number of amidine groups is 1. The number of hydrogen-bond donors (Lipinski definition) is 3. The number of nitrogens with one attached hydrogen (secondary N) is 1. The Hall–Kier alpha value is -2.65. The molecule has 0 radical (unpaired) electrons. The molecule has 3 N–H and O–H groups in total. The number of carboxylic acids is 1. The number of aromatic nitrogens is 1. The number of aliphatic hydroxyl groups is 1. The summed E-state index contributed by atoms with van der Waals surface area (Å²) in [5.74, 6) is -1.69. The maximum Gasteiger partial charge on any atom is 0.353 e. The maximum absolute atomic E-state index is 12.4. The Morgan fingerprint density at radius 2 is 2.17 bits per heavy atom. The molecule has 4 rings (SSSR count). The third kappa shape index (κ3) is 3.41. The van der Waals surface area contributed by atoms with Gasteiger partial charge >= 0.3 is 5.97 Å². The van der Waals surface area contributed by atoms with E-state index in [1.54, 1.807) is 25.4 Å². The van der Waals surface area contributed by atoms with E-state index in [4.69, 9.17) is 5.41 Å². The summed E-state index contributed by atoms with van der Waals surface area (Å²) in [7, 11) is 0. The molecule has 9 heteroatoms. The van der Waals surface area contributed by atoms with Crippen LogP contribution >= 0.6 is 11.8 Å². The lowest BCUT2D eigenvalue weighted by Gasteiger charge is -2.46. The van der Waals surface area contributed by atoms with Crippen LogP contribution in [0.5, 0.6) is 0 Å². The van der Waals surface area contributed by atoms with Crippen LogP contribution in [-0.2, 0) is 9.59 Å². The molecule has 4 heterocycles. The van der Waals surface area contributed by atoms with Gasteiger partial charge in [0.1, 0.15) is 11.5 Å². The summed E-state index contributed by atoms with van der Waals surface area (Å²) in [6.45, 7) is 4.78. The molecule has 30 heavy (non-hydrogen) atoms.